The van der Waals surface area contributed by atoms with Crippen LogP contribution in [0.3, 0.4) is 0 Å². The van der Waals surface area contributed by atoms with E-state index in [2.05, 4.69) is 20.8 Å². The molecule has 0 bridgehead atoms. The molecule has 0 rings (SSSR count). The Balaban J connectivity index is 3.50. The van der Waals surface area contributed by atoms with Crippen molar-refractivity contribution in [2.75, 3.05) is 13.2 Å². The summed E-state index contributed by atoms with van der Waals surface area (Å²) in [5.74, 6) is 0.239. The molecule has 0 aliphatic heterocycles. The van der Waals surface area contributed by atoms with Gasteiger partial charge in [-0.3, -0.25) is 9.59 Å². The molecule has 0 aliphatic rings. The third-order valence-electron chi connectivity index (χ3n) is 8.58. The molecule has 0 aromatic heterocycles. The largest absolute Gasteiger partial charge is 0.462 e. The average molecular weight is 611 g/mol. The molecule has 0 aromatic rings. The van der Waals surface area contributed by atoms with Crippen molar-refractivity contribution in [1.82, 2.24) is 0 Å². The van der Waals surface area contributed by atoms with Crippen LogP contribution in [0.15, 0.2) is 0 Å². The second-order valence-electron chi connectivity index (χ2n) is 13.5. The average Bonchev–Trinajstić information content (AvgIpc) is 2.99. The highest BCUT2D eigenvalue weighted by atomic mass is 16.6. The molecule has 0 fully saturated rings. The highest BCUT2D eigenvalue weighted by molar-refractivity contribution is 5.70. The van der Waals surface area contributed by atoms with E-state index in [0.717, 1.165) is 44.4 Å². The van der Waals surface area contributed by atoms with Gasteiger partial charge in [0.15, 0.2) is 6.10 Å². The minimum Gasteiger partial charge on any atom is -0.462 e. The van der Waals surface area contributed by atoms with Gasteiger partial charge < -0.3 is 14.6 Å². The molecule has 0 amide bonds. The van der Waals surface area contributed by atoms with E-state index in [1.807, 2.05) is 0 Å². The van der Waals surface area contributed by atoms with E-state index in [0.29, 0.717) is 12.8 Å². The number of hydrogen-bond acceptors (Lipinski definition) is 5. The molecule has 43 heavy (non-hydrogen) atoms. The molecule has 0 unspecified atom stereocenters. The van der Waals surface area contributed by atoms with Gasteiger partial charge in [-0.05, 0) is 18.8 Å². The molecule has 0 aromatic carbocycles. The van der Waals surface area contributed by atoms with Crippen molar-refractivity contribution in [2.24, 2.45) is 5.92 Å². The summed E-state index contributed by atoms with van der Waals surface area (Å²) in [6.45, 7) is 6.48. The van der Waals surface area contributed by atoms with Gasteiger partial charge in [0.1, 0.15) is 6.61 Å². The van der Waals surface area contributed by atoms with E-state index in [1.54, 1.807) is 0 Å². The number of carbonyl (C=O) groups excluding carboxylic acids is 2. The first-order valence-electron chi connectivity index (χ1n) is 19.0. The second kappa shape index (κ2) is 33.8. The first-order chi connectivity index (χ1) is 21.0. The van der Waals surface area contributed by atoms with Gasteiger partial charge >= 0.3 is 11.9 Å². The fraction of sp³-hybridized carbons (Fsp3) is 0.947. The molecule has 256 valence electrons. The Bertz CT molecular complexity index is 591. The quantitative estimate of drug-likeness (QED) is 0.0579. The molecule has 0 heterocycles. The number of unbranched alkanes of at least 4 members (excludes halogenated alkanes) is 24. The van der Waals surface area contributed by atoms with Crippen molar-refractivity contribution in [1.29, 1.82) is 0 Å². The van der Waals surface area contributed by atoms with E-state index in [9.17, 15) is 14.7 Å². The number of esters is 2. The zero-order valence-corrected chi connectivity index (χ0v) is 29.2. The lowest BCUT2D eigenvalue weighted by Crippen LogP contribution is -2.28. The minimum atomic E-state index is -0.761. The SMILES string of the molecule is CCCCCCCCCCCCCCCCCCCC(=O)O[C@@H](CO)COC(=O)CCCCCCCCCCCC(C)C. The van der Waals surface area contributed by atoms with Gasteiger partial charge in [-0.1, -0.05) is 181 Å². The van der Waals surface area contributed by atoms with Crippen molar-refractivity contribution in [3.8, 4) is 0 Å². The third kappa shape index (κ3) is 33.6. The van der Waals surface area contributed by atoms with Crippen LogP contribution in [0, 0.1) is 5.92 Å². The summed E-state index contributed by atoms with van der Waals surface area (Å²) in [6.07, 6.45) is 34.5. The number of carbonyl (C=O) groups is 2. The van der Waals surface area contributed by atoms with Crippen LogP contribution >= 0.6 is 0 Å². The Hall–Kier alpha value is -1.10. The van der Waals surface area contributed by atoms with Gasteiger partial charge in [0, 0.05) is 12.8 Å². The lowest BCUT2D eigenvalue weighted by Gasteiger charge is -2.15. The van der Waals surface area contributed by atoms with Crippen molar-refractivity contribution >= 4 is 11.9 Å². The van der Waals surface area contributed by atoms with Crippen molar-refractivity contribution in [3.05, 3.63) is 0 Å². The van der Waals surface area contributed by atoms with E-state index in [1.165, 1.54) is 135 Å². The molecule has 0 saturated heterocycles. The van der Waals surface area contributed by atoms with Crippen LogP contribution in [-0.2, 0) is 19.1 Å². The zero-order valence-electron chi connectivity index (χ0n) is 29.2. The number of aliphatic hydroxyl groups is 1. The minimum absolute atomic E-state index is 0.0586. The highest BCUT2D eigenvalue weighted by Crippen LogP contribution is 2.16. The highest BCUT2D eigenvalue weighted by Gasteiger charge is 2.16. The monoisotopic (exact) mass is 611 g/mol. The van der Waals surface area contributed by atoms with Crippen molar-refractivity contribution in [2.45, 2.75) is 213 Å². The number of hydrogen-bond donors (Lipinski definition) is 1. The van der Waals surface area contributed by atoms with Gasteiger partial charge in [-0.25, -0.2) is 0 Å². The first-order valence-corrected chi connectivity index (χ1v) is 19.0. The van der Waals surface area contributed by atoms with Crippen molar-refractivity contribution in [3.63, 3.8) is 0 Å². The summed E-state index contributed by atoms with van der Waals surface area (Å²) in [4.78, 5) is 24.2. The Labute approximate surface area is 268 Å². The maximum atomic E-state index is 12.1. The molecular formula is C38H74O5. The predicted molar refractivity (Wildman–Crippen MR) is 182 cm³/mol. The van der Waals surface area contributed by atoms with Gasteiger partial charge in [-0.2, -0.15) is 0 Å². The lowest BCUT2D eigenvalue weighted by atomic mass is 10.0. The molecule has 5 heteroatoms. The Morgan fingerprint density at radius 1 is 0.512 bits per heavy atom. The Morgan fingerprint density at radius 3 is 1.23 bits per heavy atom. The molecule has 0 saturated carbocycles. The molecule has 0 aliphatic carbocycles. The smallest absolute Gasteiger partial charge is 0.306 e. The summed E-state index contributed by atoms with van der Waals surface area (Å²) in [5.41, 5.74) is 0. The van der Waals surface area contributed by atoms with Crippen LogP contribution in [0.4, 0.5) is 0 Å². The summed E-state index contributed by atoms with van der Waals surface area (Å²) in [5, 5.41) is 9.53. The fourth-order valence-corrected chi connectivity index (χ4v) is 5.68. The van der Waals surface area contributed by atoms with E-state index >= 15 is 0 Å². The first kappa shape index (κ1) is 41.9. The van der Waals surface area contributed by atoms with Crippen LogP contribution in [0.25, 0.3) is 0 Å². The molecule has 0 radical (unpaired) electrons. The standard InChI is InChI=1S/C38H74O5/c1-4-5-6-7-8-9-10-11-12-13-14-15-16-19-23-26-29-32-38(41)43-36(33-39)34-42-37(40)31-28-25-22-20-17-18-21-24-27-30-35(2)3/h35-36,39H,4-34H2,1-3H3/t36-/m0/s1. The van der Waals surface area contributed by atoms with Crippen LogP contribution < -0.4 is 0 Å². The predicted octanol–water partition coefficient (Wildman–Crippen LogP) is 11.4. The molecular weight excluding hydrogens is 536 g/mol. The summed E-state index contributed by atoms with van der Waals surface area (Å²) >= 11 is 0. The fourth-order valence-electron chi connectivity index (χ4n) is 5.68. The van der Waals surface area contributed by atoms with Crippen LogP contribution in [0.1, 0.15) is 207 Å². The Morgan fingerprint density at radius 2 is 0.860 bits per heavy atom. The van der Waals surface area contributed by atoms with Crippen LogP contribution in [-0.4, -0.2) is 36.4 Å². The van der Waals surface area contributed by atoms with Gasteiger partial charge in [0.2, 0.25) is 0 Å². The van der Waals surface area contributed by atoms with E-state index in [4.69, 9.17) is 9.47 Å². The number of aliphatic hydroxyl groups excluding tert-OH is 1. The molecule has 0 spiro atoms. The molecule has 1 atom stereocenters. The number of ether oxygens (including phenoxy) is 2. The van der Waals surface area contributed by atoms with Crippen LogP contribution in [0.2, 0.25) is 0 Å². The molecule has 5 nitrogen and oxygen atoms in total. The summed E-state index contributed by atoms with van der Waals surface area (Å²) < 4.78 is 10.6. The third-order valence-corrected chi connectivity index (χ3v) is 8.58. The summed E-state index contributed by atoms with van der Waals surface area (Å²) in [7, 11) is 0. The topological polar surface area (TPSA) is 72.8 Å². The Kier molecular flexibility index (Phi) is 32.9. The van der Waals surface area contributed by atoms with Gasteiger partial charge in [0.05, 0.1) is 6.61 Å². The second-order valence-corrected chi connectivity index (χ2v) is 13.5. The normalized spacial score (nSPS) is 12.1. The molecule has 1 N–H and O–H groups in total. The lowest BCUT2D eigenvalue weighted by molar-refractivity contribution is -0.161. The number of rotatable bonds is 34. The maximum Gasteiger partial charge on any atom is 0.306 e. The van der Waals surface area contributed by atoms with E-state index < -0.39 is 6.10 Å². The summed E-state index contributed by atoms with van der Waals surface area (Å²) in [6, 6.07) is 0. The van der Waals surface area contributed by atoms with Crippen molar-refractivity contribution < 1.29 is 24.2 Å². The zero-order chi connectivity index (χ0) is 31.6. The van der Waals surface area contributed by atoms with Gasteiger partial charge in [0.25, 0.3) is 0 Å². The van der Waals surface area contributed by atoms with E-state index in [-0.39, 0.29) is 25.2 Å². The maximum absolute atomic E-state index is 12.1. The van der Waals surface area contributed by atoms with Crippen LogP contribution in [0.5, 0.6) is 0 Å². The van der Waals surface area contributed by atoms with Gasteiger partial charge in [-0.15, -0.1) is 0 Å².